The van der Waals surface area contributed by atoms with Crippen molar-refractivity contribution in [3.8, 4) is 5.75 Å². The number of rotatable bonds is 4. The Hall–Kier alpha value is -2.58. The average Bonchev–Trinajstić information content (AvgIpc) is 2.99. The number of ether oxygens (including phenoxy) is 1. The van der Waals surface area contributed by atoms with E-state index >= 15 is 0 Å². The lowest BCUT2D eigenvalue weighted by Crippen LogP contribution is -2.15. The molecule has 0 saturated carbocycles. The van der Waals surface area contributed by atoms with Crippen molar-refractivity contribution in [2.45, 2.75) is 6.54 Å². The molecule has 0 saturated heterocycles. The highest BCUT2D eigenvalue weighted by Crippen LogP contribution is 2.29. The number of carbonyl (C=O) groups excluding carboxylic acids is 1. The number of fused-ring (bicyclic) bond motifs is 1. The Kier molecular flexibility index (Phi) is 4.65. The molecule has 0 aliphatic rings. The zero-order chi connectivity index (χ0) is 18.1. The van der Waals surface area contributed by atoms with Crippen LogP contribution in [0, 0.1) is 0 Å². The smallest absolute Gasteiger partial charge is 0.262 e. The van der Waals surface area contributed by atoms with Crippen LogP contribution in [0.3, 0.4) is 0 Å². The highest BCUT2D eigenvalue weighted by Gasteiger charge is 2.17. The second kappa shape index (κ2) is 6.73. The Morgan fingerprint density at radius 1 is 1.28 bits per heavy atom. The Morgan fingerprint density at radius 3 is 2.68 bits per heavy atom. The van der Waals surface area contributed by atoms with Gasteiger partial charge in [-0.2, -0.15) is 0 Å². The second-order valence-corrected chi connectivity index (χ2v) is 5.78. The molecule has 0 radical (unpaired) electrons. The van der Waals surface area contributed by atoms with Gasteiger partial charge in [0.2, 0.25) is 0 Å². The Balaban J connectivity index is 2.13. The van der Waals surface area contributed by atoms with Gasteiger partial charge in [-0.3, -0.25) is 19.8 Å². The molecule has 25 heavy (non-hydrogen) atoms. The first-order valence-electron chi connectivity index (χ1n) is 7.36. The first kappa shape index (κ1) is 17.2. The third-order valence-corrected chi connectivity index (χ3v) is 4.26. The Morgan fingerprint density at radius 2 is 2.04 bits per heavy atom. The molecule has 4 N–H and O–H groups in total. The van der Waals surface area contributed by atoms with Crippen LogP contribution in [0.5, 0.6) is 5.75 Å². The summed E-state index contributed by atoms with van der Waals surface area (Å²) < 4.78 is 6.68. The van der Waals surface area contributed by atoms with Crippen molar-refractivity contribution in [3.05, 3.63) is 58.7 Å². The van der Waals surface area contributed by atoms with Gasteiger partial charge in [0, 0.05) is 23.7 Å². The number of nitrogens with zero attached hydrogens (tertiary/aromatic N) is 2. The fraction of sp³-hybridized carbons (Fsp3) is 0.118. The van der Waals surface area contributed by atoms with E-state index in [-0.39, 0.29) is 34.0 Å². The maximum Gasteiger partial charge on any atom is 0.262 e. The minimum absolute atomic E-state index is 0.0929. The maximum absolute atomic E-state index is 12.9. The summed E-state index contributed by atoms with van der Waals surface area (Å²) in [4.78, 5) is 12.9. The summed E-state index contributed by atoms with van der Waals surface area (Å²) in [7, 11) is 1.57. The van der Waals surface area contributed by atoms with Gasteiger partial charge in [0.25, 0.3) is 5.91 Å². The van der Waals surface area contributed by atoms with E-state index in [4.69, 9.17) is 22.1 Å². The fourth-order valence-electron chi connectivity index (χ4n) is 2.67. The summed E-state index contributed by atoms with van der Waals surface area (Å²) in [6, 6.07) is 9.56. The predicted octanol–water partition coefficient (Wildman–Crippen LogP) is 3.04. The lowest BCUT2D eigenvalue weighted by Gasteiger charge is -2.12. The van der Waals surface area contributed by atoms with Crippen LogP contribution < -0.4 is 15.7 Å². The molecule has 0 fully saturated rings. The summed E-state index contributed by atoms with van der Waals surface area (Å²) in [6.07, 6.45) is 1.66. The highest BCUT2D eigenvalue weighted by molar-refractivity contribution is 6.33. The van der Waals surface area contributed by atoms with Gasteiger partial charge in [0.15, 0.2) is 0 Å². The summed E-state index contributed by atoms with van der Waals surface area (Å²) in [5.74, 6) is 0.312. The minimum atomic E-state index is -0.352. The topological polar surface area (TPSA) is 101 Å². The number of nitrogens with two attached hydrogens (primary N) is 1. The first-order valence-corrected chi connectivity index (χ1v) is 7.74. The summed E-state index contributed by atoms with van der Waals surface area (Å²) in [5, 5.41) is 19.2. The molecule has 0 unspecified atom stereocenters. The molecule has 0 aliphatic heterocycles. The van der Waals surface area contributed by atoms with E-state index in [9.17, 15) is 15.2 Å². The van der Waals surface area contributed by atoms with E-state index in [1.165, 1.54) is 22.8 Å². The quantitative estimate of drug-likeness (QED) is 0.617. The minimum Gasteiger partial charge on any atom is -0.497 e. The SMILES string of the molecule is COc1ccc2c(c1)c(CN)cn2C(=O)c1ccc(Cl)c(N(O)O)c1. The van der Waals surface area contributed by atoms with Crippen LogP contribution in [-0.4, -0.2) is 28.0 Å². The van der Waals surface area contributed by atoms with Crippen LogP contribution in [0.25, 0.3) is 10.9 Å². The number of halogens is 1. The molecule has 2 aromatic carbocycles. The molecule has 0 spiro atoms. The molecule has 1 heterocycles. The van der Waals surface area contributed by atoms with Crippen LogP contribution >= 0.6 is 11.6 Å². The highest BCUT2D eigenvalue weighted by atomic mass is 35.5. The molecule has 3 rings (SSSR count). The Labute approximate surface area is 148 Å². The first-order chi connectivity index (χ1) is 12.0. The number of aromatic nitrogens is 1. The molecule has 3 aromatic rings. The van der Waals surface area contributed by atoms with Crippen molar-refractivity contribution in [2.75, 3.05) is 12.3 Å². The largest absolute Gasteiger partial charge is 0.497 e. The van der Waals surface area contributed by atoms with Crippen LogP contribution in [-0.2, 0) is 6.54 Å². The normalized spacial score (nSPS) is 10.9. The lowest BCUT2D eigenvalue weighted by molar-refractivity contribution is 0.0292. The van der Waals surface area contributed by atoms with E-state index in [0.717, 1.165) is 10.9 Å². The molecular formula is C17H16ClN3O4. The van der Waals surface area contributed by atoms with E-state index in [1.54, 1.807) is 25.4 Å². The molecular weight excluding hydrogens is 346 g/mol. The molecule has 0 bridgehead atoms. The molecule has 130 valence electrons. The van der Waals surface area contributed by atoms with Crippen molar-refractivity contribution in [1.29, 1.82) is 0 Å². The van der Waals surface area contributed by atoms with Crippen LogP contribution in [0.1, 0.15) is 15.9 Å². The van der Waals surface area contributed by atoms with Gasteiger partial charge in [0.1, 0.15) is 11.4 Å². The number of benzene rings is 2. The van der Waals surface area contributed by atoms with Crippen LogP contribution in [0.2, 0.25) is 5.02 Å². The molecule has 1 aromatic heterocycles. The zero-order valence-corrected chi connectivity index (χ0v) is 14.1. The molecule has 0 atom stereocenters. The van der Waals surface area contributed by atoms with E-state index in [0.29, 0.717) is 11.3 Å². The average molecular weight is 362 g/mol. The van der Waals surface area contributed by atoms with Crippen molar-refractivity contribution < 1.29 is 19.9 Å². The molecule has 7 nitrogen and oxygen atoms in total. The van der Waals surface area contributed by atoms with E-state index in [2.05, 4.69) is 0 Å². The number of hydrogen-bond acceptors (Lipinski definition) is 6. The van der Waals surface area contributed by atoms with Gasteiger partial charge in [0.05, 0.1) is 17.6 Å². The monoisotopic (exact) mass is 361 g/mol. The molecule has 0 amide bonds. The number of anilines is 1. The van der Waals surface area contributed by atoms with Crippen molar-refractivity contribution in [1.82, 2.24) is 4.57 Å². The van der Waals surface area contributed by atoms with Crippen molar-refractivity contribution >= 4 is 34.1 Å². The number of carbonyl (C=O) groups is 1. The molecule has 0 aliphatic carbocycles. The number of methoxy groups -OCH3 is 1. The second-order valence-electron chi connectivity index (χ2n) is 5.37. The van der Waals surface area contributed by atoms with Gasteiger partial charge >= 0.3 is 0 Å². The van der Waals surface area contributed by atoms with Crippen molar-refractivity contribution in [3.63, 3.8) is 0 Å². The van der Waals surface area contributed by atoms with Gasteiger partial charge in [-0.25, -0.2) is 0 Å². The standard InChI is InChI=1S/C17H16ClN3O4/c1-25-12-3-5-15-13(7-12)11(8-19)9-20(15)17(22)10-2-4-14(18)16(6-10)21(23)24/h2-7,9,23-24H,8,19H2,1H3. The van der Waals surface area contributed by atoms with Crippen molar-refractivity contribution in [2.24, 2.45) is 5.73 Å². The van der Waals surface area contributed by atoms with E-state index in [1.807, 2.05) is 6.07 Å². The molecule has 8 heteroatoms. The lowest BCUT2D eigenvalue weighted by atomic mass is 10.1. The number of hydrogen-bond donors (Lipinski definition) is 3. The fourth-order valence-corrected chi connectivity index (χ4v) is 2.87. The zero-order valence-electron chi connectivity index (χ0n) is 13.3. The van der Waals surface area contributed by atoms with Crippen LogP contribution in [0.15, 0.2) is 42.6 Å². The van der Waals surface area contributed by atoms with Gasteiger partial charge in [-0.05, 0) is 42.0 Å². The summed E-state index contributed by atoms with van der Waals surface area (Å²) >= 11 is 5.89. The third-order valence-electron chi connectivity index (χ3n) is 3.94. The predicted molar refractivity (Wildman–Crippen MR) is 93.6 cm³/mol. The van der Waals surface area contributed by atoms with Crippen LogP contribution in [0.4, 0.5) is 5.69 Å². The summed E-state index contributed by atoms with van der Waals surface area (Å²) in [6.45, 7) is 0.261. The van der Waals surface area contributed by atoms with Gasteiger partial charge in [-0.15, -0.1) is 5.23 Å². The Bertz CT molecular complexity index is 952. The maximum atomic E-state index is 12.9. The van der Waals surface area contributed by atoms with Gasteiger partial charge in [-0.1, -0.05) is 11.6 Å². The van der Waals surface area contributed by atoms with Gasteiger partial charge < -0.3 is 10.5 Å². The van der Waals surface area contributed by atoms with E-state index < -0.39 is 0 Å². The summed E-state index contributed by atoms with van der Waals surface area (Å²) in [5.41, 5.74) is 7.40. The third kappa shape index (κ3) is 3.06.